The van der Waals surface area contributed by atoms with Crippen LogP contribution in [0.3, 0.4) is 0 Å². The van der Waals surface area contributed by atoms with Gasteiger partial charge in [-0.15, -0.1) is 0 Å². The van der Waals surface area contributed by atoms with E-state index in [0.29, 0.717) is 32.6 Å². The molecule has 0 radical (unpaired) electrons. The summed E-state index contributed by atoms with van der Waals surface area (Å²) in [7, 11) is -3.18. The van der Waals surface area contributed by atoms with Gasteiger partial charge >= 0.3 is 24.3 Å². The molecule has 2 aromatic heterocycles. The van der Waals surface area contributed by atoms with E-state index >= 15 is 0 Å². The van der Waals surface area contributed by atoms with Gasteiger partial charge in [0.1, 0.15) is 11.5 Å². The Morgan fingerprint density at radius 3 is 2.12 bits per heavy atom. The molecular weight excluding hydrogens is 604 g/mol. The normalized spacial score (nSPS) is 21.5. The second-order valence-corrected chi connectivity index (χ2v) is 11.7. The minimum atomic E-state index is -5.08. The molecule has 234 valence electrons. The van der Waals surface area contributed by atoms with E-state index in [4.69, 9.17) is 24.2 Å². The summed E-state index contributed by atoms with van der Waals surface area (Å²) in [6.45, 7) is 3.91. The van der Waals surface area contributed by atoms with Gasteiger partial charge in [0.05, 0.1) is 17.5 Å². The molecule has 3 atom stereocenters. The van der Waals surface area contributed by atoms with Crippen molar-refractivity contribution in [2.75, 3.05) is 18.8 Å². The number of amides is 1. The lowest BCUT2D eigenvalue weighted by Gasteiger charge is -2.31. The zero-order valence-electron chi connectivity index (χ0n) is 21.9. The number of rotatable bonds is 5. The minimum absolute atomic E-state index is 0.0653. The number of aryl methyl sites for hydroxylation is 1. The maximum Gasteiger partial charge on any atom is 0.490 e. The Balaban J connectivity index is 0.000000367. The van der Waals surface area contributed by atoms with E-state index < -0.39 is 39.4 Å². The van der Waals surface area contributed by atoms with Gasteiger partial charge in [0, 0.05) is 43.9 Å². The number of carbonyl (C=O) groups is 3. The number of fused-ring (bicyclic) bond motifs is 1. The molecule has 4 heterocycles. The van der Waals surface area contributed by atoms with Crippen LogP contribution < -0.4 is 5.32 Å². The number of nitrogens with zero attached hydrogens (tertiary/aromatic N) is 2. The van der Waals surface area contributed by atoms with Crippen molar-refractivity contribution in [1.29, 1.82) is 0 Å². The second-order valence-electron chi connectivity index (χ2n) is 9.36. The number of nitrogens with one attached hydrogen (secondary N) is 1. The molecule has 2 fully saturated rings. The lowest BCUT2D eigenvalue weighted by atomic mass is 9.87. The van der Waals surface area contributed by atoms with Gasteiger partial charge in [-0.2, -0.15) is 26.3 Å². The van der Waals surface area contributed by atoms with E-state index in [1.54, 1.807) is 12.4 Å². The number of aromatic nitrogens is 1. The topological polar surface area (TPSA) is 167 Å². The first-order chi connectivity index (χ1) is 19.3. The number of hydrogen-bond donors (Lipinski definition) is 3. The van der Waals surface area contributed by atoms with Crippen LogP contribution in [0.15, 0.2) is 41.1 Å². The summed E-state index contributed by atoms with van der Waals surface area (Å²) in [6.07, 6.45) is -6.37. The molecule has 2 saturated heterocycles. The number of hydrogen-bond acceptors (Lipinski definition) is 8. The molecule has 2 aromatic rings. The quantitative estimate of drug-likeness (QED) is 0.418. The second kappa shape index (κ2) is 14.0. The molecule has 42 heavy (non-hydrogen) atoms. The molecule has 0 saturated carbocycles. The summed E-state index contributed by atoms with van der Waals surface area (Å²) in [4.78, 5) is 36.8. The van der Waals surface area contributed by atoms with Gasteiger partial charge in [-0.1, -0.05) is 6.07 Å². The predicted molar refractivity (Wildman–Crippen MR) is 131 cm³/mol. The standard InChI is InChI=1S/C20H25N3O4S.2C2HF3O2/c1-14-4-5-16(27-14)11-23-12-18-17(6-8-28(25,26)19(18)13-23)20(24)22-10-15-3-2-7-21-9-15;2*3-2(4,5)1(6)7/h2-5,7,9,17-19H,6,8,10-13H2,1H3,(H,22,24);2*(H,6,7)/t17-,18-,19-;;/m1../s1. The third kappa shape index (κ3) is 10.3. The van der Waals surface area contributed by atoms with Crippen molar-refractivity contribution in [3.05, 3.63) is 53.7 Å². The molecule has 18 heteroatoms. The van der Waals surface area contributed by atoms with E-state index in [2.05, 4.69) is 15.2 Å². The fourth-order valence-corrected chi connectivity index (χ4v) is 6.50. The van der Waals surface area contributed by atoms with E-state index in [0.717, 1.165) is 17.1 Å². The highest BCUT2D eigenvalue weighted by atomic mass is 32.2. The molecule has 0 aliphatic carbocycles. The first-order valence-corrected chi connectivity index (χ1v) is 13.8. The Bertz CT molecular complexity index is 1310. The van der Waals surface area contributed by atoms with Gasteiger partial charge in [0.2, 0.25) is 5.91 Å². The van der Waals surface area contributed by atoms with Crippen molar-refractivity contribution in [2.24, 2.45) is 11.8 Å². The van der Waals surface area contributed by atoms with Crippen LogP contribution in [0.25, 0.3) is 0 Å². The number of carboxylic acid groups (broad SMARTS) is 2. The third-order valence-electron chi connectivity index (χ3n) is 6.26. The molecule has 1 amide bonds. The minimum Gasteiger partial charge on any atom is -0.475 e. The number of aliphatic carboxylic acids is 2. The number of alkyl halides is 6. The zero-order chi connectivity index (χ0) is 31.9. The van der Waals surface area contributed by atoms with Crippen molar-refractivity contribution in [3.8, 4) is 0 Å². The lowest BCUT2D eigenvalue weighted by molar-refractivity contribution is -0.193. The Morgan fingerprint density at radius 2 is 1.64 bits per heavy atom. The monoisotopic (exact) mass is 631 g/mol. The highest BCUT2D eigenvalue weighted by Crippen LogP contribution is 2.37. The predicted octanol–water partition coefficient (Wildman–Crippen LogP) is 2.80. The van der Waals surface area contributed by atoms with Crippen LogP contribution in [0.1, 0.15) is 23.5 Å². The van der Waals surface area contributed by atoms with E-state index in [9.17, 15) is 39.6 Å². The third-order valence-corrected chi connectivity index (χ3v) is 8.49. The van der Waals surface area contributed by atoms with Crippen LogP contribution in [0.4, 0.5) is 26.3 Å². The van der Waals surface area contributed by atoms with Crippen LogP contribution in [-0.2, 0) is 37.3 Å². The molecular formula is C24H27F6N3O8S. The zero-order valence-corrected chi connectivity index (χ0v) is 22.7. The SMILES string of the molecule is Cc1ccc(CN2C[C@H]3[C@@H](C2)S(=O)(=O)CC[C@H]3C(=O)NCc2cccnc2)o1.O=C(O)C(F)(F)F.O=C(O)C(F)(F)F. The maximum absolute atomic E-state index is 12.8. The highest BCUT2D eigenvalue weighted by Gasteiger charge is 2.50. The molecule has 0 bridgehead atoms. The van der Waals surface area contributed by atoms with Gasteiger partial charge in [0.25, 0.3) is 0 Å². The molecule has 2 aliphatic rings. The summed E-state index contributed by atoms with van der Waals surface area (Å²) in [5.41, 5.74) is 0.928. The van der Waals surface area contributed by atoms with E-state index in [1.807, 2.05) is 31.2 Å². The number of halogens is 6. The van der Waals surface area contributed by atoms with Crippen LogP contribution in [-0.4, -0.2) is 82.8 Å². The van der Waals surface area contributed by atoms with Crippen LogP contribution in [0.2, 0.25) is 0 Å². The fourth-order valence-electron chi connectivity index (χ4n) is 4.37. The van der Waals surface area contributed by atoms with Gasteiger partial charge < -0.3 is 19.9 Å². The van der Waals surface area contributed by atoms with Gasteiger partial charge in [-0.25, -0.2) is 18.0 Å². The number of furan rings is 1. The number of sulfone groups is 1. The summed E-state index contributed by atoms with van der Waals surface area (Å²) < 4.78 is 94.4. The maximum atomic E-state index is 12.8. The summed E-state index contributed by atoms with van der Waals surface area (Å²) in [5, 5.41) is 16.7. The molecule has 11 nitrogen and oxygen atoms in total. The van der Waals surface area contributed by atoms with Gasteiger partial charge in [-0.05, 0) is 37.1 Å². The van der Waals surface area contributed by atoms with Crippen molar-refractivity contribution >= 4 is 27.7 Å². The molecule has 0 aromatic carbocycles. The Kier molecular flexibility index (Phi) is 11.5. The molecule has 0 spiro atoms. The number of likely N-dealkylation sites (tertiary alicyclic amines) is 1. The van der Waals surface area contributed by atoms with E-state index in [1.165, 1.54) is 0 Å². The van der Waals surface area contributed by atoms with E-state index in [-0.39, 0.29) is 23.5 Å². The van der Waals surface area contributed by atoms with Crippen molar-refractivity contribution in [2.45, 2.75) is 44.0 Å². The van der Waals surface area contributed by atoms with Crippen LogP contribution in [0.5, 0.6) is 0 Å². The Morgan fingerprint density at radius 1 is 1.05 bits per heavy atom. The van der Waals surface area contributed by atoms with Gasteiger partial charge in [0.15, 0.2) is 9.84 Å². The average molecular weight is 632 g/mol. The lowest BCUT2D eigenvalue weighted by Crippen LogP contribution is -2.47. The van der Waals surface area contributed by atoms with Gasteiger partial charge in [-0.3, -0.25) is 14.7 Å². The molecule has 2 aliphatic heterocycles. The summed E-state index contributed by atoms with van der Waals surface area (Å²) in [5.74, 6) is -4.30. The largest absolute Gasteiger partial charge is 0.490 e. The van der Waals surface area contributed by atoms with Crippen molar-refractivity contribution in [3.63, 3.8) is 0 Å². The van der Waals surface area contributed by atoms with Crippen LogP contribution in [0, 0.1) is 18.8 Å². The first-order valence-electron chi connectivity index (χ1n) is 12.1. The number of pyridine rings is 1. The molecule has 0 unspecified atom stereocenters. The summed E-state index contributed by atoms with van der Waals surface area (Å²) >= 11 is 0. The average Bonchev–Trinajstić information content (AvgIpc) is 3.49. The van der Waals surface area contributed by atoms with Crippen molar-refractivity contribution in [1.82, 2.24) is 15.2 Å². The smallest absolute Gasteiger partial charge is 0.475 e. The highest BCUT2D eigenvalue weighted by molar-refractivity contribution is 7.92. The Labute approximate surface area is 235 Å². The Hall–Kier alpha value is -3.67. The fraction of sp³-hybridized carbons (Fsp3) is 0.500. The van der Waals surface area contributed by atoms with Crippen LogP contribution >= 0.6 is 0 Å². The summed E-state index contributed by atoms with van der Waals surface area (Å²) in [6, 6.07) is 7.56. The molecule has 4 rings (SSSR count). The first kappa shape index (κ1) is 34.5. The molecule has 3 N–H and O–H groups in total. The number of carbonyl (C=O) groups excluding carboxylic acids is 1. The van der Waals surface area contributed by atoms with Crippen molar-refractivity contribution < 1.29 is 63.8 Å². The number of carboxylic acids is 2.